The number of carboxylic acids is 1. The Morgan fingerprint density at radius 2 is 1.95 bits per heavy atom. The molecule has 1 aliphatic heterocycles. The van der Waals surface area contributed by atoms with E-state index in [0.29, 0.717) is 13.0 Å². The van der Waals surface area contributed by atoms with Crippen LogP contribution < -0.4 is 5.32 Å². The molecule has 0 radical (unpaired) electrons. The minimum Gasteiger partial charge on any atom is -0.480 e. The lowest BCUT2D eigenvalue weighted by atomic mass is 10.1. The van der Waals surface area contributed by atoms with E-state index in [-0.39, 0.29) is 12.3 Å². The average Bonchev–Trinajstić information content (AvgIpc) is 2.95. The fraction of sp³-hybridized carbons (Fsp3) is 0.400. The topological polar surface area (TPSA) is 86.7 Å². The summed E-state index contributed by atoms with van der Waals surface area (Å²) < 4.78 is 0. The van der Waals surface area contributed by atoms with Crippen molar-refractivity contribution in [2.75, 3.05) is 13.1 Å². The molecule has 6 heteroatoms. The van der Waals surface area contributed by atoms with Gasteiger partial charge in [0.1, 0.15) is 12.6 Å². The number of benzene rings is 1. The molecule has 2 N–H and O–H groups in total. The van der Waals surface area contributed by atoms with Gasteiger partial charge in [0.25, 0.3) is 0 Å². The summed E-state index contributed by atoms with van der Waals surface area (Å²) in [5.41, 5.74) is 0.902. The number of amides is 2. The van der Waals surface area contributed by atoms with E-state index in [4.69, 9.17) is 5.11 Å². The molecular formula is C15H18N2O4. The zero-order valence-corrected chi connectivity index (χ0v) is 11.6. The zero-order valence-electron chi connectivity index (χ0n) is 11.6. The summed E-state index contributed by atoms with van der Waals surface area (Å²) in [7, 11) is 0. The Morgan fingerprint density at radius 3 is 2.62 bits per heavy atom. The average molecular weight is 290 g/mol. The number of likely N-dealkylation sites (tertiary alicyclic amines) is 1. The highest BCUT2D eigenvalue weighted by Crippen LogP contribution is 2.18. The number of nitrogens with one attached hydrogen (secondary N) is 1. The Hall–Kier alpha value is -2.37. The quantitative estimate of drug-likeness (QED) is 0.823. The highest BCUT2D eigenvalue weighted by atomic mass is 16.4. The molecule has 0 aliphatic carbocycles. The molecule has 2 rings (SSSR count). The van der Waals surface area contributed by atoms with Gasteiger partial charge in [-0.15, -0.1) is 0 Å². The number of carbonyl (C=O) groups excluding carboxylic acids is 2. The van der Waals surface area contributed by atoms with Crippen molar-refractivity contribution in [1.82, 2.24) is 10.2 Å². The second-order valence-corrected chi connectivity index (χ2v) is 5.02. The Kier molecular flexibility index (Phi) is 4.92. The second kappa shape index (κ2) is 6.88. The van der Waals surface area contributed by atoms with Crippen LogP contribution in [0.3, 0.4) is 0 Å². The van der Waals surface area contributed by atoms with Gasteiger partial charge in [0.15, 0.2) is 0 Å². The van der Waals surface area contributed by atoms with Crippen molar-refractivity contribution in [3.63, 3.8) is 0 Å². The van der Waals surface area contributed by atoms with Crippen LogP contribution in [0.25, 0.3) is 0 Å². The number of nitrogens with zero attached hydrogens (tertiary/aromatic N) is 1. The molecule has 0 unspecified atom stereocenters. The minimum atomic E-state index is -1.09. The van der Waals surface area contributed by atoms with Crippen LogP contribution in [-0.2, 0) is 20.8 Å². The van der Waals surface area contributed by atoms with E-state index < -0.39 is 24.5 Å². The third kappa shape index (κ3) is 4.05. The van der Waals surface area contributed by atoms with E-state index in [2.05, 4.69) is 5.32 Å². The number of carbonyl (C=O) groups is 3. The monoisotopic (exact) mass is 290 g/mol. The minimum absolute atomic E-state index is 0.103. The lowest BCUT2D eigenvalue weighted by molar-refractivity contribution is -0.140. The van der Waals surface area contributed by atoms with Crippen molar-refractivity contribution < 1.29 is 19.5 Å². The number of aliphatic carboxylic acids is 1. The molecule has 0 spiro atoms. The van der Waals surface area contributed by atoms with E-state index in [9.17, 15) is 14.4 Å². The van der Waals surface area contributed by atoms with Gasteiger partial charge in [-0.2, -0.15) is 0 Å². The smallest absolute Gasteiger partial charge is 0.322 e. The number of hydrogen-bond donors (Lipinski definition) is 2. The van der Waals surface area contributed by atoms with E-state index >= 15 is 0 Å². The zero-order chi connectivity index (χ0) is 15.2. The fourth-order valence-electron chi connectivity index (χ4n) is 2.49. The van der Waals surface area contributed by atoms with Crippen LogP contribution in [0.5, 0.6) is 0 Å². The van der Waals surface area contributed by atoms with Crippen LogP contribution in [0, 0.1) is 0 Å². The molecular weight excluding hydrogens is 272 g/mol. The van der Waals surface area contributed by atoms with Gasteiger partial charge in [-0.05, 0) is 18.4 Å². The van der Waals surface area contributed by atoms with Crippen LogP contribution in [0.1, 0.15) is 18.4 Å². The van der Waals surface area contributed by atoms with Crippen LogP contribution in [0.2, 0.25) is 0 Å². The van der Waals surface area contributed by atoms with E-state index in [0.717, 1.165) is 12.0 Å². The standard InChI is InChI=1S/C15H18N2O4/c18-13(9-11-5-2-1-3-6-11)17-8-4-7-12(17)15(21)16-10-14(19)20/h1-3,5-6,12H,4,7-10H2,(H,16,21)(H,19,20)/t12-/m0/s1. The van der Waals surface area contributed by atoms with Crippen molar-refractivity contribution >= 4 is 17.8 Å². The fourth-order valence-corrected chi connectivity index (χ4v) is 2.49. The number of carboxylic acid groups (broad SMARTS) is 1. The van der Waals surface area contributed by atoms with Gasteiger partial charge in [0.05, 0.1) is 6.42 Å². The normalized spacial score (nSPS) is 17.5. The summed E-state index contributed by atoms with van der Waals surface area (Å²) >= 11 is 0. The predicted molar refractivity (Wildman–Crippen MR) is 75.5 cm³/mol. The maximum Gasteiger partial charge on any atom is 0.322 e. The van der Waals surface area contributed by atoms with Gasteiger partial charge in [0.2, 0.25) is 11.8 Å². The summed E-state index contributed by atoms with van der Waals surface area (Å²) in [6.45, 7) is 0.118. The molecule has 0 saturated carbocycles. The third-order valence-corrected chi connectivity index (χ3v) is 3.49. The van der Waals surface area contributed by atoms with E-state index in [1.165, 1.54) is 0 Å². The summed E-state index contributed by atoms with van der Waals surface area (Å²) in [5.74, 6) is -1.59. The molecule has 112 valence electrons. The Morgan fingerprint density at radius 1 is 1.24 bits per heavy atom. The molecule has 2 amide bonds. The molecule has 6 nitrogen and oxygen atoms in total. The second-order valence-electron chi connectivity index (χ2n) is 5.02. The Bertz CT molecular complexity index is 530. The number of rotatable bonds is 5. The third-order valence-electron chi connectivity index (χ3n) is 3.49. The van der Waals surface area contributed by atoms with E-state index in [1.54, 1.807) is 4.90 Å². The molecule has 1 atom stereocenters. The van der Waals surface area contributed by atoms with Crippen LogP contribution >= 0.6 is 0 Å². The molecule has 1 aromatic rings. The van der Waals surface area contributed by atoms with Gasteiger partial charge in [-0.25, -0.2) is 0 Å². The first kappa shape index (κ1) is 15.0. The number of hydrogen-bond acceptors (Lipinski definition) is 3. The van der Waals surface area contributed by atoms with Gasteiger partial charge < -0.3 is 15.3 Å². The first-order valence-corrected chi connectivity index (χ1v) is 6.91. The van der Waals surface area contributed by atoms with Crippen molar-refractivity contribution in [2.45, 2.75) is 25.3 Å². The maximum atomic E-state index is 12.3. The van der Waals surface area contributed by atoms with Crippen molar-refractivity contribution in [2.24, 2.45) is 0 Å². The summed E-state index contributed by atoms with van der Waals surface area (Å²) in [6, 6.07) is 8.79. The van der Waals surface area contributed by atoms with Crippen molar-refractivity contribution in [1.29, 1.82) is 0 Å². The molecule has 0 bridgehead atoms. The van der Waals surface area contributed by atoms with Crippen molar-refractivity contribution in [3.8, 4) is 0 Å². The van der Waals surface area contributed by atoms with Gasteiger partial charge in [0, 0.05) is 6.54 Å². The summed E-state index contributed by atoms with van der Waals surface area (Å²) in [5, 5.41) is 10.9. The predicted octanol–water partition coefficient (Wildman–Crippen LogP) is 0.421. The van der Waals surface area contributed by atoms with Crippen molar-refractivity contribution in [3.05, 3.63) is 35.9 Å². The lowest BCUT2D eigenvalue weighted by Crippen LogP contribution is -2.47. The highest BCUT2D eigenvalue weighted by Gasteiger charge is 2.33. The molecule has 1 saturated heterocycles. The van der Waals surface area contributed by atoms with Crippen LogP contribution in [0.4, 0.5) is 0 Å². The first-order chi connectivity index (χ1) is 10.1. The Labute approximate surface area is 122 Å². The van der Waals surface area contributed by atoms with Gasteiger partial charge in [-0.1, -0.05) is 30.3 Å². The molecule has 21 heavy (non-hydrogen) atoms. The van der Waals surface area contributed by atoms with E-state index in [1.807, 2.05) is 30.3 Å². The van der Waals surface area contributed by atoms with Crippen LogP contribution in [-0.4, -0.2) is 46.9 Å². The summed E-state index contributed by atoms with van der Waals surface area (Å²) in [4.78, 5) is 36.3. The lowest BCUT2D eigenvalue weighted by Gasteiger charge is -2.23. The maximum absolute atomic E-state index is 12.3. The van der Waals surface area contributed by atoms with Gasteiger partial charge in [-0.3, -0.25) is 14.4 Å². The molecule has 1 aromatic carbocycles. The van der Waals surface area contributed by atoms with Gasteiger partial charge >= 0.3 is 5.97 Å². The summed E-state index contributed by atoms with van der Waals surface area (Å²) in [6.07, 6.45) is 1.58. The molecule has 1 aliphatic rings. The SMILES string of the molecule is O=C(O)CNC(=O)[C@@H]1CCCN1C(=O)Cc1ccccc1. The molecule has 1 fully saturated rings. The largest absolute Gasteiger partial charge is 0.480 e. The Balaban J connectivity index is 1.96. The highest BCUT2D eigenvalue weighted by molar-refractivity contribution is 5.90. The molecule has 1 heterocycles. The first-order valence-electron chi connectivity index (χ1n) is 6.91. The van der Waals surface area contributed by atoms with Crippen LogP contribution in [0.15, 0.2) is 30.3 Å². The molecule has 0 aromatic heterocycles.